The molecule has 21 heavy (non-hydrogen) atoms. The van der Waals surface area contributed by atoms with Crippen molar-refractivity contribution in [2.45, 2.75) is 32.0 Å². The van der Waals surface area contributed by atoms with Crippen molar-refractivity contribution in [3.05, 3.63) is 58.1 Å². The van der Waals surface area contributed by atoms with E-state index >= 15 is 0 Å². The van der Waals surface area contributed by atoms with E-state index in [4.69, 9.17) is 0 Å². The molecular formula is C18H16O3. The zero-order chi connectivity index (χ0) is 14.7. The average Bonchev–Trinajstić information content (AvgIpc) is 2.85. The molecule has 0 spiro atoms. The van der Waals surface area contributed by atoms with Gasteiger partial charge >= 0.3 is 0 Å². The third-order valence-corrected chi connectivity index (χ3v) is 4.72. The molecule has 2 aliphatic rings. The van der Waals surface area contributed by atoms with Crippen molar-refractivity contribution in [2.24, 2.45) is 0 Å². The molecule has 3 nitrogen and oxygen atoms in total. The molecule has 0 fully saturated rings. The van der Waals surface area contributed by atoms with Gasteiger partial charge in [-0.3, -0.25) is 4.79 Å². The van der Waals surface area contributed by atoms with Crippen LogP contribution in [0.15, 0.2) is 30.3 Å². The van der Waals surface area contributed by atoms with Gasteiger partial charge in [0.2, 0.25) is 0 Å². The fourth-order valence-electron chi connectivity index (χ4n) is 3.77. The summed E-state index contributed by atoms with van der Waals surface area (Å²) in [5.74, 6) is 0.136. The molecule has 0 bridgehead atoms. The number of rotatable bonds is 0. The lowest BCUT2D eigenvalue weighted by Gasteiger charge is -2.32. The van der Waals surface area contributed by atoms with Crippen LogP contribution in [-0.2, 0) is 6.42 Å². The van der Waals surface area contributed by atoms with Gasteiger partial charge in [-0.2, -0.15) is 0 Å². The van der Waals surface area contributed by atoms with Crippen molar-refractivity contribution in [3.8, 4) is 11.1 Å². The Morgan fingerprint density at radius 1 is 1.05 bits per heavy atom. The summed E-state index contributed by atoms with van der Waals surface area (Å²) in [4.78, 5) is 12.0. The molecule has 0 unspecified atom stereocenters. The summed E-state index contributed by atoms with van der Waals surface area (Å²) in [5.41, 5.74) is 6.07. The Morgan fingerprint density at radius 2 is 1.81 bits per heavy atom. The highest BCUT2D eigenvalue weighted by atomic mass is 16.3. The molecule has 0 amide bonds. The van der Waals surface area contributed by atoms with Gasteiger partial charge in [-0.1, -0.05) is 24.3 Å². The molecule has 4 rings (SSSR count). The van der Waals surface area contributed by atoms with Gasteiger partial charge in [-0.05, 0) is 52.8 Å². The number of ketones is 1. The summed E-state index contributed by atoms with van der Waals surface area (Å²) >= 11 is 0. The van der Waals surface area contributed by atoms with Gasteiger partial charge in [0, 0.05) is 12.0 Å². The monoisotopic (exact) mass is 280 g/mol. The van der Waals surface area contributed by atoms with Crippen LogP contribution in [0.2, 0.25) is 0 Å². The van der Waals surface area contributed by atoms with Gasteiger partial charge in [0.05, 0.1) is 0 Å². The first kappa shape index (κ1) is 12.7. The third-order valence-electron chi connectivity index (χ3n) is 4.72. The Hall–Kier alpha value is -1.97. The number of carbonyl (C=O) groups is 1. The number of carbonyl (C=O) groups excluding carboxylic acids is 1. The van der Waals surface area contributed by atoms with Crippen LogP contribution in [0, 0.1) is 6.92 Å². The number of aryl methyl sites for hydroxylation is 1. The molecule has 0 saturated carbocycles. The lowest BCUT2D eigenvalue weighted by molar-refractivity contribution is 0.0152. The number of hydrogen-bond donors (Lipinski definition) is 2. The fraction of sp³-hybridized carbons (Fsp3) is 0.278. The van der Waals surface area contributed by atoms with E-state index in [2.05, 4.69) is 0 Å². The summed E-state index contributed by atoms with van der Waals surface area (Å²) in [6, 6.07) is 9.56. The molecule has 3 heteroatoms. The summed E-state index contributed by atoms with van der Waals surface area (Å²) in [7, 11) is 0. The van der Waals surface area contributed by atoms with Crippen molar-refractivity contribution in [3.63, 3.8) is 0 Å². The molecular weight excluding hydrogens is 264 g/mol. The van der Waals surface area contributed by atoms with Crippen LogP contribution in [0.3, 0.4) is 0 Å². The van der Waals surface area contributed by atoms with Crippen LogP contribution >= 0.6 is 0 Å². The molecule has 2 atom stereocenters. The van der Waals surface area contributed by atoms with E-state index < -0.39 is 12.2 Å². The Kier molecular flexibility index (Phi) is 2.59. The van der Waals surface area contributed by atoms with Crippen LogP contribution in [0.25, 0.3) is 11.1 Å². The van der Waals surface area contributed by atoms with E-state index in [9.17, 15) is 15.0 Å². The molecule has 2 aromatic rings. The second kappa shape index (κ2) is 4.26. The van der Waals surface area contributed by atoms with Gasteiger partial charge in [-0.15, -0.1) is 0 Å². The summed E-state index contributed by atoms with van der Waals surface area (Å²) in [6.45, 7) is 1.96. The zero-order valence-corrected chi connectivity index (χ0v) is 11.8. The second-order valence-electron chi connectivity index (χ2n) is 5.91. The summed E-state index contributed by atoms with van der Waals surface area (Å²) in [5, 5.41) is 21.0. The fourth-order valence-corrected chi connectivity index (χ4v) is 3.77. The maximum Gasteiger partial charge on any atom is 0.163 e. The highest BCUT2D eigenvalue weighted by molar-refractivity contribution is 6.02. The van der Waals surface area contributed by atoms with E-state index in [-0.39, 0.29) is 5.78 Å². The minimum atomic E-state index is -0.963. The smallest absolute Gasteiger partial charge is 0.163 e. The third kappa shape index (κ3) is 1.59. The predicted molar refractivity (Wildman–Crippen MR) is 79.2 cm³/mol. The molecule has 2 N–H and O–H groups in total. The van der Waals surface area contributed by atoms with E-state index in [1.54, 1.807) is 0 Å². The first-order chi connectivity index (χ1) is 10.1. The predicted octanol–water partition coefficient (Wildman–Crippen LogP) is 2.87. The van der Waals surface area contributed by atoms with E-state index in [1.807, 2.05) is 37.3 Å². The van der Waals surface area contributed by atoms with Crippen molar-refractivity contribution in [1.82, 2.24) is 0 Å². The standard InChI is InChI=1S/C18H16O3/c1-9-8-13-11(6-7-14(13)19)16-15(9)10-4-2-3-5-12(10)17(20)18(16)21/h2-5,8,17-18,20-21H,6-7H2,1H3/t17-,18-/m0/s1. The van der Waals surface area contributed by atoms with Gasteiger partial charge < -0.3 is 10.2 Å². The van der Waals surface area contributed by atoms with Gasteiger partial charge in [0.15, 0.2) is 5.78 Å². The Labute approximate surface area is 122 Å². The number of fused-ring (bicyclic) bond motifs is 5. The summed E-state index contributed by atoms with van der Waals surface area (Å²) in [6.07, 6.45) is -0.747. The first-order valence-corrected chi connectivity index (χ1v) is 7.24. The zero-order valence-electron chi connectivity index (χ0n) is 11.8. The SMILES string of the molecule is Cc1cc2c(c3c1-c1ccccc1[C@H](O)[C@H]3O)CCC2=O. The Morgan fingerprint density at radius 3 is 2.62 bits per heavy atom. The maximum absolute atomic E-state index is 12.0. The highest BCUT2D eigenvalue weighted by Crippen LogP contribution is 2.49. The van der Waals surface area contributed by atoms with Crippen molar-refractivity contribution < 1.29 is 15.0 Å². The Balaban J connectivity index is 2.11. The van der Waals surface area contributed by atoms with Crippen molar-refractivity contribution in [1.29, 1.82) is 0 Å². The highest BCUT2D eigenvalue weighted by Gasteiger charge is 2.37. The van der Waals surface area contributed by atoms with Gasteiger partial charge in [0.25, 0.3) is 0 Å². The van der Waals surface area contributed by atoms with Gasteiger partial charge in [0.1, 0.15) is 12.2 Å². The molecule has 106 valence electrons. The molecule has 0 saturated heterocycles. The minimum Gasteiger partial charge on any atom is -0.385 e. The van der Waals surface area contributed by atoms with E-state index in [0.29, 0.717) is 12.8 Å². The molecule has 0 radical (unpaired) electrons. The molecule has 2 aromatic carbocycles. The van der Waals surface area contributed by atoms with Crippen LogP contribution in [0.5, 0.6) is 0 Å². The molecule has 0 aromatic heterocycles. The molecule has 2 aliphatic carbocycles. The average molecular weight is 280 g/mol. The first-order valence-electron chi connectivity index (χ1n) is 7.24. The van der Waals surface area contributed by atoms with Crippen molar-refractivity contribution in [2.75, 3.05) is 0 Å². The van der Waals surface area contributed by atoms with Crippen LogP contribution in [0.1, 0.15) is 51.2 Å². The summed E-state index contributed by atoms with van der Waals surface area (Å²) < 4.78 is 0. The van der Waals surface area contributed by atoms with E-state index in [0.717, 1.165) is 38.9 Å². The van der Waals surface area contributed by atoms with E-state index in [1.165, 1.54) is 0 Å². The van der Waals surface area contributed by atoms with Crippen LogP contribution < -0.4 is 0 Å². The lowest BCUT2D eigenvalue weighted by atomic mass is 9.77. The second-order valence-corrected chi connectivity index (χ2v) is 5.91. The number of aliphatic hydroxyl groups excluding tert-OH is 2. The maximum atomic E-state index is 12.0. The van der Waals surface area contributed by atoms with Crippen molar-refractivity contribution >= 4 is 5.78 Å². The topological polar surface area (TPSA) is 57.5 Å². The number of Topliss-reactive ketones (excluding diaryl/α,β-unsaturated/α-hetero) is 1. The number of benzene rings is 2. The molecule has 0 heterocycles. The number of aliphatic hydroxyl groups is 2. The van der Waals surface area contributed by atoms with Crippen LogP contribution in [-0.4, -0.2) is 16.0 Å². The van der Waals surface area contributed by atoms with Gasteiger partial charge in [-0.25, -0.2) is 0 Å². The quantitative estimate of drug-likeness (QED) is 0.780. The Bertz CT molecular complexity index is 776. The largest absolute Gasteiger partial charge is 0.385 e. The molecule has 0 aliphatic heterocycles. The lowest BCUT2D eigenvalue weighted by Crippen LogP contribution is -2.20. The normalized spacial score (nSPS) is 22.7. The number of hydrogen-bond acceptors (Lipinski definition) is 3. The minimum absolute atomic E-state index is 0.136. The van der Waals surface area contributed by atoms with Crippen LogP contribution in [0.4, 0.5) is 0 Å².